The molecule has 0 fully saturated rings. The van der Waals surface area contributed by atoms with Crippen molar-refractivity contribution in [1.29, 1.82) is 0 Å². The summed E-state index contributed by atoms with van der Waals surface area (Å²) in [4.78, 5) is 4.05. The van der Waals surface area contributed by atoms with Crippen LogP contribution in [0.15, 0.2) is 12.4 Å². The number of nitrogens with zero attached hydrogens (tertiary/aromatic N) is 4. The molecule has 1 aliphatic heterocycles. The molecular weight excluding hydrogens is 182 g/mol. The molecule has 0 saturated carbocycles. The fraction of sp³-hybridized carbons (Fsp3) is 0.250. The maximum absolute atomic E-state index is 5.76. The molecule has 0 amide bonds. The van der Waals surface area contributed by atoms with Gasteiger partial charge < -0.3 is 4.74 Å². The van der Waals surface area contributed by atoms with Crippen LogP contribution in [0.25, 0.3) is 5.52 Å². The molecule has 0 spiro atoms. The normalized spacial score (nSPS) is 14.6. The average molecular weight is 191 g/mol. The standard InChI is InChI=1S/C8H9N5O/c1-5-2-6-7-8(14-4-12(6)9)10-3-11-13(5)7/h2-3H,4,9H2,1H3. The Morgan fingerprint density at radius 2 is 2.43 bits per heavy atom. The van der Waals surface area contributed by atoms with Crippen molar-refractivity contribution >= 4 is 11.2 Å². The molecule has 0 radical (unpaired) electrons. The lowest BCUT2D eigenvalue weighted by Crippen LogP contribution is -2.37. The summed E-state index contributed by atoms with van der Waals surface area (Å²) in [5.41, 5.74) is 2.75. The maximum Gasteiger partial charge on any atom is 0.245 e. The van der Waals surface area contributed by atoms with Crippen LogP contribution in [-0.2, 0) is 0 Å². The lowest BCUT2D eigenvalue weighted by molar-refractivity contribution is 0.297. The number of hydrazine groups is 1. The monoisotopic (exact) mass is 191 g/mol. The van der Waals surface area contributed by atoms with E-state index in [1.165, 1.54) is 6.33 Å². The van der Waals surface area contributed by atoms with Crippen LogP contribution in [0.3, 0.4) is 0 Å². The second kappa shape index (κ2) is 2.36. The van der Waals surface area contributed by atoms with Gasteiger partial charge in [-0.2, -0.15) is 10.1 Å². The summed E-state index contributed by atoms with van der Waals surface area (Å²) in [6.07, 6.45) is 1.48. The van der Waals surface area contributed by atoms with E-state index in [0.717, 1.165) is 16.9 Å². The third-order valence-corrected chi connectivity index (χ3v) is 2.33. The summed E-state index contributed by atoms with van der Waals surface area (Å²) in [6.45, 7) is 2.29. The third kappa shape index (κ3) is 0.779. The topological polar surface area (TPSA) is 68.7 Å². The first-order valence-corrected chi connectivity index (χ1v) is 4.26. The van der Waals surface area contributed by atoms with Crippen molar-refractivity contribution in [2.24, 2.45) is 5.84 Å². The summed E-state index contributed by atoms with van der Waals surface area (Å²) in [7, 11) is 0. The van der Waals surface area contributed by atoms with E-state index in [1.807, 2.05) is 13.0 Å². The van der Waals surface area contributed by atoms with Gasteiger partial charge in [0.05, 0.1) is 5.69 Å². The highest BCUT2D eigenvalue weighted by molar-refractivity contribution is 5.80. The first-order chi connectivity index (χ1) is 6.77. The Morgan fingerprint density at radius 3 is 3.29 bits per heavy atom. The van der Waals surface area contributed by atoms with Crippen molar-refractivity contribution < 1.29 is 4.74 Å². The van der Waals surface area contributed by atoms with Gasteiger partial charge in [-0.25, -0.2) is 10.4 Å². The highest BCUT2D eigenvalue weighted by atomic mass is 16.5. The van der Waals surface area contributed by atoms with Crippen LogP contribution < -0.4 is 15.6 Å². The van der Waals surface area contributed by atoms with Gasteiger partial charge in [0.1, 0.15) is 6.33 Å². The van der Waals surface area contributed by atoms with Crippen LogP contribution in [0.2, 0.25) is 0 Å². The van der Waals surface area contributed by atoms with E-state index in [-0.39, 0.29) is 0 Å². The van der Waals surface area contributed by atoms with Crippen LogP contribution in [0, 0.1) is 6.92 Å². The zero-order chi connectivity index (χ0) is 9.71. The number of rotatable bonds is 0. The van der Waals surface area contributed by atoms with Crippen molar-refractivity contribution in [3.8, 4) is 5.88 Å². The fourth-order valence-corrected chi connectivity index (χ4v) is 1.68. The largest absolute Gasteiger partial charge is 0.453 e. The maximum atomic E-state index is 5.76. The quantitative estimate of drug-likeness (QED) is 0.597. The number of anilines is 1. The first kappa shape index (κ1) is 7.57. The molecule has 1 aliphatic rings. The Morgan fingerprint density at radius 1 is 1.57 bits per heavy atom. The summed E-state index contributed by atoms with van der Waals surface area (Å²) in [6, 6.07) is 1.97. The van der Waals surface area contributed by atoms with Gasteiger partial charge >= 0.3 is 0 Å². The van der Waals surface area contributed by atoms with Crippen molar-refractivity contribution in [1.82, 2.24) is 14.6 Å². The van der Waals surface area contributed by atoms with Crippen LogP contribution in [0.5, 0.6) is 5.88 Å². The number of hydrogen-bond acceptors (Lipinski definition) is 5. The molecule has 0 aliphatic carbocycles. The van der Waals surface area contributed by atoms with Crippen molar-refractivity contribution in [3.63, 3.8) is 0 Å². The molecule has 6 nitrogen and oxygen atoms in total. The molecule has 3 heterocycles. The average Bonchev–Trinajstić information content (AvgIpc) is 2.53. The highest BCUT2D eigenvalue weighted by Gasteiger charge is 2.21. The Bertz CT molecular complexity index is 506. The Balaban J connectivity index is 2.47. The first-order valence-electron chi connectivity index (χ1n) is 4.26. The lowest BCUT2D eigenvalue weighted by Gasteiger charge is -2.22. The molecule has 2 N–H and O–H groups in total. The molecule has 14 heavy (non-hydrogen) atoms. The molecule has 2 aromatic rings. The van der Waals surface area contributed by atoms with Crippen LogP contribution >= 0.6 is 0 Å². The summed E-state index contributed by atoms with van der Waals surface area (Å²) in [5.74, 6) is 6.35. The van der Waals surface area contributed by atoms with E-state index in [9.17, 15) is 0 Å². The van der Waals surface area contributed by atoms with E-state index in [1.54, 1.807) is 9.52 Å². The molecule has 0 saturated heterocycles. The van der Waals surface area contributed by atoms with Gasteiger partial charge in [-0.05, 0) is 13.0 Å². The van der Waals surface area contributed by atoms with Crippen LogP contribution in [0.1, 0.15) is 5.69 Å². The SMILES string of the molecule is Cc1cc2c3c(ncnn13)OCN2N. The van der Waals surface area contributed by atoms with Gasteiger partial charge in [0, 0.05) is 5.69 Å². The van der Waals surface area contributed by atoms with Gasteiger partial charge in [-0.1, -0.05) is 0 Å². The van der Waals surface area contributed by atoms with Gasteiger partial charge in [-0.3, -0.25) is 5.01 Å². The summed E-state index contributed by atoms with van der Waals surface area (Å²) >= 11 is 0. The zero-order valence-corrected chi connectivity index (χ0v) is 7.64. The van der Waals surface area contributed by atoms with E-state index in [4.69, 9.17) is 10.6 Å². The van der Waals surface area contributed by atoms with E-state index in [2.05, 4.69) is 10.1 Å². The van der Waals surface area contributed by atoms with Crippen molar-refractivity contribution in [2.45, 2.75) is 6.92 Å². The molecule has 0 aromatic carbocycles. The molecule has 6 heteroatoms. The number of aryl methyl sites for hydroxylation is 1. The predicted octanol–water partition coefficient (Wildman–Crippen LogP) is 0.0677. The Hall–Kier alpha value is -1.82. The van der Waals surface area contributed by atoms with Crippen molar-refractivity contribution in [3.05, 3.63) is 18.1 Å². The summed E-state index contributed by atoms with van der Waals surface area (Å²) < 4.78 is 7.12. The minimum Gasteiger partial charge on any atom is -0.453 e. The second-order valence-corrected chi connectivity index (χ2v) is 3.24. The van der Waals surface area contributed by atoms with E-state index in [0.29, 0.717) is 12.6 Å². The van der Waals surface area contributed by atoms with E-state index >= 15 is 0 Å². The predicted molar refractivity (Wildman–Crippen MR) is 49.9 cm³/mol. The molecule has 72 valence electrons. The van der Waals surface area contributed by atoms with E-state index < -0.39 is 0 Å². The summed E-state index contributed by atoms with van der Waals surface area (Å²) in [5, 5.41) is 5.66. The molecule has 0 bridgehead atoms. The van der Waals surface area contributed by atoms with Gasteiger partial charge in [0.25, 0.3) is 0 Å². The highest BCUT2D eigenvalue weighted by Crippen LogP contribution is 2.32. The van der Waals surface area contributed by atoms with Crippen molar-refractivity contribution in [2.75, 3.05) is 11.7 Å². The molecular formula is C8H9N5O. The fourth-order valence-electron chi connectivity index (χ4n) is 1.68. The smallest absolute Gasteiger partial charge is 0.245 e. The number of nitrogens with two attached hydrogens (primary N) is 1. The minimum atomic E-state index is 0.323. The molecule has 3 rings (SSSR count). The van der Waals surface area contributed by atoms with Gasteiger partial charge in [0.2, 0.25) is 5.88 Å². The van der Waals surface area contributed by atoms with Gasteiger partial charge in [-0.15, -0.1) is 0 Å². The van der Waals surface area contributed by atoms with Crippen LogP contribution in [-0.4, -0.2) is 21.3 Å². The zero-order valence-electron chi connectivity index (χ0n) is 7.64. The Labute approximate surface area is 79.9 Å². The number of aromatic nitrogens is 3. The molecule has 0 unspecified atom stereocenters. The minimum absolute atomic E-state index is 0.323. The third-order valence-electron chi connectivity index (χ3n) is 2.33. The molecule has 2 aromatic heterocycles. The number of hydrogen-bond donors (Lipinski definition) is 1. The Kier molecular flexibility index (Phi) is 1.27. The molecule has 0 atom stereocenters. The number of ether oxygens (including phenoxy) is 1. The van der Waals surface area contributed by atoms with Gasteiger partial charge in [0.15, 0.2) is 12.2 Å². The lowest BCUT2D eigenvalue weighted by atomic mass is 10.4. The second-order valence-electron chi connectivity index (χ2n) is 3.24. The van der Waals surface area contributed by atoms with Crippen LogP contribution in [0.4, 0.5) is 5.69 Å².